The van der Waals surface area contributed by atoms with Crippen molar-refractivity contribution in [2.24, 2.45) is 5.41 Å². The quantitative estimate of drug-likeness (QED) is 0.809. The summed E-state index contributed by atoms with van der Waals surface area (Å²) in [4.78, 5) is 8.84. The Labute approximate surface area is 96.9 Å². The summed E-state index contributed by atoms with van der Waals surface area (Å²) in [6.45, 7) is 4.56. The molecule has 1 aliphatic heterocycles. The van der Waals surface area contributed by atoms with E-state index in [2.05, 4.69) is 27.5 Å². The molecule has 1 aromatic heterocycles. The van der Waals surface area contributed by atoms with Crippen LogP contribution in [-0.2, 0) is 6.42 Å². The van der Waals surface area contributed by atoms with E-state index in [4.69, 9.17) is 0 Å². The van der Waals surface area contributed by atoms with E-state index in [-0.39, 0.29) is 0 Å². The third-order valence-corrected chi connectivity index (χ3v) is 3.36. The molecule has 1 saturated heterocycles. The van der Waals surface area contributed by atoms with Crippen molar-refractivity contribution in [3.8, 4) is 0 Å². The zero-order chi connectivity index (χ0) is 11.4. The maximum atomic E-state index is 4.49. The number of hydrogen-bond donors (Lipinski definition) is 2. The third-order valence-electron chi connectivity index (χ3n) is 3.36. The van der Waals surface area contributed by atoms with Crippen LogP contribution in [0.25, 0.3) is 0 Å². The fraction of sp³-hybridized carbons (Fsp3) is 0.667. The molecular weight excluding hydrogens is 200 g/mol. The van der Waals surface area contributed by atoms with Gasteiger partial charge in [0.2, 0.25) is 0 Å². The molecule has 0 saturated carbocycles. The van der Waals surface area contributed by atoms with Gasteiger partial charge < -0.3 is 10.6 Å². The minimum Gasteiger partial charge on any atom is -0.373 e. The van der Waals surface area contributed by atoms with Crippen LogP contribution >= 0.6 is 0 Å². The van der Waals surface area contributed by atoms with E-state index < -0.39 is 0 Å². The van der Waals surface area contributed by atoms with Crippen LogP contribution in [0.1, 0.15) is 25.6 Å². The van der Waals surface area contributed by atoms with Crippen molar-refractivity contribution in [2.45, 2.75) is 26.2 Å². The molecule has 0 aliphatic carbocycles. The molecule has 2 heterocycles. The molecule has 0 amide bonds. The fourth-order valence-electron chi connectivity index (χ4n) is 2.21. The van der Waals surface area contributed by atoms with Crippen molar-refractivity contribution in [3.63, 3.8) is 0 Å². The van der Waals surface area contributed by atoms with Crippen LogP contribution in [0, 0.1) is 5.41 Å². The molecule has 2 N–H and O–H groups in total. The van der Waals surface area contributed by atoms with Crippen molar-refractivity contribution >= 4 is 5.82 Å². The Hall–Kier alpha value is -1.16. The molecule has 0 aromatic carbocycles. The van der Waals surface area contributed by atoms with Crippen LogP contribution < -0.4 is 10.6 Å². The summed E-state index contributed by atoms with van der Waals surface area (Å²) in [6, 6.07) is 1.90. The molecule has 1 aromatic rings. The zero-order valence-corrected chi connectivity index (χ0v) is 10.1. The van der Waals surface area contributed by atoms with Gasteiger partial charge in [-0.3, -0.25) is 0 Å². The summed E-state index contributed by atoms with van der Waals surface area (Å²) in [6.07, 6.45) is 5.23. The molecule has 0 atom stereocenters. The van der Waals surface area contributed by atoms with E-state index in [1.807, 2.05) is 19.3 Å². The first-order valence-electron chi connectivity index (χ1n) is 5.92. The predicted octanol–water partition coefficient (Wildman–Crippen LogP) is 1.45. The Morgan fingerprint density at radius 2 is 2.19 bits per heavy atom. The number of nitrogens with zero attached hydrogens (tertiary/aromatic N) is 2. The average molecular weight is 220 g/mol. The van der Waals surface area contributed by atoms with E-state index in [1.165, 1.54) is 12.8 Å². The summed E-state index contributed by atoms with van der Waals surface area (Å²) in [5, 5.41) is 6.45. The van der Waals surface area contributed by atoms with Gasteiger partial charge in [0.25, 0.3) is 0 Å². The van der Waals surface area contributed by atoms with Gasteiger partial charge in [-0.05, 0) is 37.4 Å². The second kappa shape index (κ2) is 4.78. The summed E-state index contributed by atoms with van der Waals surface area (Å²) < 4.78 is 0. The summed E-state index contributed by atoms with van der Waals surface area (Å²) in [7, 11) is 1.89. The first kappa shape index (κ1) is 11.3. The molecule has 2 rings (SSSR count). The standard InChI is InChI=1S/C12H20N4/c1-12(4-7-14-8-5-12)9-11-15-6-3-10(13-2)16-11/h3,6,14H,4-5,7-9H2,1-2H3,(H,13,15,16). The predicted molar refractivity (Wildman–Crippen MR) is 65.5 cm³/mol. The van der Waals surface area contributed by atoms with E-state index in [0.717, 1.165) is 31.2 Å². The van der Waals surface area contributed by atoms with Crippen molar-refractivity contribution < 1.29 is 0 Å². The molecule has 16 heavy (non-hydrogen) atoms. The fourth-order valence-corrected chi connectivity index (χ4v) is 2.21. The molecular formula is C12H20N4. The van der Waals surface area contributed by atoms with Crippen molar-refractivity contribution in [3.05, 3.63) is 18.1 Å². The Morgan fingerprint density at radius 1 is 1.44 bits per heavy atom. The molecule has 1 aliphatic rings. The Bertz CT molecular complexity index is 345. The summed E-state index contributed by atoms with van der Waals surface area (Å²) in [5.41, 5.74) is 0.359. The number of anilines is 1. The largest absolute Gasteiger partial charge is 0.373 e. The van der Waals surface area contributed by atoms with Gasteiger partial charge in [0.1, 0.15) is 11.6 Å². The summed E-state index contributed by atoms with van der Waals surface area (Å²) >= 11 is 0. The normalized spacial score (nSPS) is 19.4. The highest BCUT2D eigenvalue weighted by Gasteiger charge is 2.27. The number of piperidine rings is 1. The third kappa shape index (κ3) is 2.70. The summed E-state index contributed by atoms with van der Waals surface area (Å²) in [5.74, 6) is 1.86. The highest BCUT2D eigenvalue weighted by Crippen LogP contribution is 2.31. The number of hydrogen-bond acceptors (Lipinski definition) is 4. The van der Waals surface area contributed by atoms with Gasteiger partial charge in [-0.25, -0.2) is 9.97 Å². The lowest BCUT2D eigenvalue weighted by molar-refractivity contribution is 0.224. The molecule has 4 nitrogen and oxygen atoms in total. The van der Waals surface area contributed by atoms with E-state index in [1.54, 1.807) is 0 Å². The molecule has 88 valence electrons. The maximum Gasteiger partial charge on any atom is 0.131 e. The first-order valence-corrected chi connectivity index (χ1v) is 5.92. The van der Waals surface area contributed by atoms with Crippen molar-refractivity contribution in [2.75, 3.05) is 25.5 Å². The van der Waals surface area contributed by atoms with E-state index >= 15 is 0 Å². The lowest BCUT2D eigenvalue weighted by atomic mass is 9.78. The highest BCUT2D eigenvalue weighted by molar-refractivity contribution is 5.31. The van der Waals surface area contributed by atoms with E-state index in [9.17, 15) is 0 Å². The Balaban J connectivity index is 2.07. The monoisotopic (exact) mass is 220 g/mol. The van der Waals surface area contributed by atoms with Crippen LogP contribution in [0.3, 0.4) is 0 Å². The molecule has 0 radical (unpaired) electrons. The van der Waals surface area contributed by atoms with Gasteiger partial charge in [0.05, 0.1) is 0 Å². The van der Waals surface area contributed by atoms with Crippen molar-refractivity contribution in [1.29, 1.82) is 0 Å². The van der Waals surface area contributed by atoms with Gasteiger partial charge in [-0.15, -0.1) is 0 Å². The number of aromatic nitrogens is 2. The van der Waals surface area contributed by atoms with Gasteiger partial charge in [-0.1, -0.05) is 6.92 Å². The van der Waals surface area contributed by atoms with Crippen molar-refractivity contribution in [1.82, 2.24) is 15.3 Å². The zero-order valence-electron chi connectivity index (χ0n) is 10.1. The van der Waals surface area contributed by atoms with Crippen LogP contribution in [0.2, 0.25) is 0 Å². The van der Waals surface area contributed by atoms with Gasteiger partial charge in [0, 0.05) is 19.7 Å². The minimum absolute atomic E-state index is 0.359. The van der Waals surface area contributed by atoms with Crippen LogP contribution in [0.4, 0.5) is 5.82 Å². The lowest BCUT2D eigenvalue weighted by Crippen LogP contribution is -2.36. The molecule has 0 spiro atoms. The number of nitrogens with one attached hydrogen (secondary N) is 2. The second-order valence-electron chi connectivity index (χ2n) is 4.85. The van der Waals surface area contributed by atoms with Crippen LogP contribution in [0.15, 0.2) is 12.3 Å². The Morgan fingerprint density at radius 3 is 2.88 bits per heavy atom. The first-order chi connectivity index (χ1) is 7.72. The molecule has 1 fully saturated rings. The van der Waals surface area contributed by atoms with Gasteiger partial charge in [-0.2, -0.15) is 0 Å². The van der Waals surface area contributed by atoms with E-state index in [0.29, 0.717) is 5.41 Å². The maximum absolute atomic E-state index is 4.49. The minimum atomic E-state index is 0.359. The van der Waals surface area contributed by atoms with Gasteiger partial charge in [0.15, 0.2) is 0 Å². The molecule has 0 bridgehead atoms. The second-order valence-corrected chi connectivity index (χ2v) is 4.85. The molecule has 0 unspecified atom stereocenters. The number of rotatable bonds is 3. The molecule has 4 heteroatoms. The lowest BCUT2D eigenvalue weighted by Gasteiger charge is -2.33. The highest BCUT2D eigenvalue weighted by atomic mass is 15.0. The van der Waals surface area contributed by atoms with Crippen LogP contribution in [-0.4, -0.2) is 30.1 Å². The van der Waals surface area contributed by atoms with Gasteiger partial charge >= 0.3 is 0 Å². The smallest absolute Gasteiger partial charge is 0.131 e. The topological polar surface area (TPSA) is 49.8 Å². The van der Waals surface area contributed by atoms with Crippen LogP contribution in [0.5, 0.6) is 0 Å². The Kier molecular flexibility index (Phi) is 3.39. The average Bonchev–Trinajstić information content (AvgIpc) is 2.29. The SMILES string of the molecule is CNc1ccnc(CC2(C)CCNCC2)n1.